The third kappa shape index (κ3) is 4.14. The highest BCUT2D eigenvalue weighted by molar-refractivity contribution is 5.94. The van der Waals surface area contributed by atoms with Crippen LogP contribution in [0.4, 0.5) is 21.7 Å². The van der Waals surface area contributed by atoms with Crippen LogP contribution in [0.3, 0.4) is 0 Å². The van der Waals surface area contributed by atoms with Crippen LogP contribution in [0.25, 0.3) is 22.0 Å². The molecule has 0 amide bonds. The standard InChI is InChI=1S/C26H26FN5/c1-18-9-10-19(15-24(18)27)23-8-3-5-20-17-28-26(30-25(20)23)29-21-6-4-7-22(16-21)32-13-11-31(2)12-14-32/h3-10,15-17H,11-14H2,1-2H3,(H,28,29,30). The number of nitrogens with one attached hydrogen (secondary N) is 1. The van der Waals surface area contributed by atoms with Crippen molar-refractivity contribution in [2.75, 3.05) is 43.4 Å². The van der Waals surface area contributed by atoms with Gasteiger partial charge in [-0.15, -0.1) is 0 Å². The summed E-state index contributed by atoms with van der Waals surface area (Å²) in [6, 6.07) is 19.5. The van der Waals surface area contributed by atoms with Gasteiger partial charge in [0.1, 0.15) is 5.82 Å². The Kier molecular flexibility index (Phi) is 5.45. The molecule has 1 aliphatic rings. The zero-order valence-corrected chi connectivity index (χ0v) is 18.3. The Hall–Kier alpha value is -3.51. The van der Waals surface area contributed by atoms with Crippen LogP contribution in [-0.4, -0.2) is 48.1 Å². The van der Waals surface area contributed by atoms with Crippen molar-refractivity contribution in [3.05, 3.63) is 78.2 Å². The molecule has 1 aliphatic heterocycles. The van der Waals surface area contributed by atoms with E-state index in [0.717, 1.165) is 53.9 Å². The number of likely N-dealkylation sites (N-methyl/N-ethyl adjacent to an activating group) is 1. The van der Waals surface area contributed by atoms with E-state index in [-0.39, 0.29) is 5.82 Å². The zero-order chi connectivity index (χ0) is 22.1. The van der Waals surface area contributed by atoms with Crippen LogP contribution in [0.1, 0.15) is 5.56 Å². The quantitative estimate of drug-likeness (QED) is 0.483. The highest BCUT2D eigenvalue weighted by Gasteiger charge is 2.15. The first-order valence-electron chi connectivity index (χ1n) is 10.9. The number of piperazine rings is 1. The number of aromatic nitrogens is 2. The van der Waals surface area contributed by atoms with Gasteiger partial charge in [-0.05, 0) is 49.4 Å². The predicted octanol–water partition coefficient (Wildman–Crippen LogP) is 5.24. The molecule has 3 aromatic carbocycles. The molecule has 0 bridgehead atoms. The number of hydrogen-bond acceptors (Lipinski definition) is 5. The highest BCUT2D eigenvalue weighted by atomic mass is 19.1. The summed E-state index contributed by atoms with van der Waals surface area (Å²) in [6.07, 6.45) is 1.81. The third-order valence-electron chi connectivity index (χ3n) is 6.06. The molecule has 0 unspecified atom stereocenters. The van der Waals surface area contributed by atoms with Gasteiger partial charge in [0.25, 0.3) is 0 Å². The molecule has 0 spiro atoms. The fourth-order valence-corrected chi connectivity index (χ4v) is 4.08. The van der Waals surface area contributed by atoms with Crippen LogP contribution in [0.2, 0.25) is 0 Å². The number of hydrogen-bond donors (Lipinski definition) is 1. The number of rotatable bonds is 4. The molecule has 32 heavy (non-hydrogen) atoms. The fourth-order valence-electron chi connectivity index (χ4n) is 4.08. The molecule has 0 saturated carbocycles. The lowest BCUT2D eigenvalue weighted by molar-refractivity contribution is 0.313. The second-order valence-corrected chi connectivity index (χ2v) is 8.37. The molecule has 1 N–H and O–H groups in total. The molecule has 0 aliphatic carbocycles. The maximum absolute atomic E-state index is 14.2. The number of benzene rings is 3. The lowest BCUT2D eigenvalue weighted by Crippen LogP contribution is -2.44. The lowest BCUT2D eigenvalue weighted by Gasteiger charge is -2.34. The topological polar surface area (TPSA) is 44.3 Å². The van der Waals surface area contributed by atoms with Gasteiger partial charge in [-0.3, -0.25) is 0 Å². The first-order chi connectivity index (χ1) is 15.6. The van der Waals surface area contributed by atoms with E-state index in [0.29, 0.717) is 11.5 Å². The fraction of sp³-hybridized carbons (Fsp3) is 0.231. The van der Waals surface area contributed by atoms with E-state index in [4.69, 9.17) is 4.98 Å². The van der Waals surface area contributed by atoms with Crippen LogP contribution in [0.5, 0.6) is 0 Å². The summed E-state index contributed by atoms with van der Waals surface area (Å²) >= 11 is 0. The van der Waals surface area contributed by atoms with Gasteiger partial charge < -0.3 is 15.1 Å². The molecule has 1 saturated heterocycles. The Labute approximate surface area is 187 Å². The number of aryl methyl sites for hydroxylation is 1. The SMILES string of the molecule is Cc1ccc(-c2cccc3cnc(Nc4cccc(N5CCN(C)CC5)c4)nc23)cc1F. The number of para-hydroxylation sites is 1. The molecular weight excluding hydrogens is 401 g/mol. The molecule has 1 aromatic heterocycles. The van der Waals surface area contributed by atoms with Gasteiger partial charge in [-0.1, -0.05) is 36.4 Å². The second-order valence-electron chi connectivity index (χ2n) is 8.37. The van der Waals surface area contributed by atoms with E-state index < -0.39 is 0 Å². The Bertz CT molecular complexity index is 1260. The minimum atomic E-state index is -0.215. The average molecular weight is 428 g/mol. The highest BCUT2D eigenvalue weighted by Crippen LogP contribution is 2.30. The molecule has 0 atom stereocenters. The van der Waals surface area contributed by atoms with E-state index in [2.05, 4.69) is 45.3 Å². The van der Waals surface area contributed by atoms with Crippen molar-refractivity contribution in [2.45, 2.75) is 6.92 Å². The maximum Gasteiger partial charge on any atom is 0.227 e. The first-order valence-corrected chi connectivity index (χ1v) is 10.9. The average Bonchev–Trinajstić information content (AvgIpc) is 2.81. The van der Waals surface area contributed by atoms with Gasteiger partial charge in [0.15, 0.2) is 0 Å². The van der Waals surface area contributed by atoms with E-state index in [1.807, 2.05) is 36.5 Å². The Balaban J connectivity index is 1.45. The summed E-state index contributed by atoms with van der Waals surface area (Å²) in [5.74, 6) is 0.306. The molecule has 4 aromatic rings. The number of anilines is 3. The summed E-state index contributed by atoms with van der Waals surface area (Å²) < 4.78 is 14.2. The van der Waals surface area contributed by atoms with Crippen LogP contribution < -0.4 is 10.2 Å². The predicted molar refractivity (Wildman–Crippen MR) is 129 cm³/mol. The van der Waals surface area contributed by atoms with Crippen LogP contribution in [-0.2, 0) is 0 Å². The molecule has 0 radical (unpaired) electrons. The van der Waals surface area contributed by atoms with E-state index in [1.165, 1.54) is 5.69 Å². The normalized spacial score (nSPS) is 14.7. The van der Waals surface area contributed by atoms with Gasteiger partial charge in [0.2, 0.25) is 5.95 Å². The Morgan fingerprint density at radius 2 is 1.75 bits per heavy atom. The minimum absolute atomic E-state index is 0.215. The van der Waals surface area contributed by atoms with Gasteiger partial charge in [-0.25, -0.2) is 14.4 Å². The third-order valence-corrected chi connectivity index (χ3v) is 6.06. The van der Waals surface area contributed by atoms with Crippen LogP contribution in [0.15, 0.2) is 66.9 Å². The molecule has 2 heterocycles. The smallest absolute Gasteiger partial charge is 0.227 e. The van der Waals surface area contributed by atoms with Crippen molar-refractivity contribution in [1.29, 1.82) is 0 Å². The summed E-state index contributed by atoms with van der Waals surface area (Å²) in [5, 5.41) is 4.27. The molecular formula is C26H26FN5. The summed E-state index contributed by atoms with van der Waals surface area (Å²) in [7, 11) is 2.16. The van der Waals surface area contributed by atoms with Gasteiger partial charge in [0, 0.05) is 54.7 Å². The largest absolute Gasteiger partial charge is 0.369 e. The van der Waals surface area contributed by atoms with E-state index in [1.54, 1.807) is 19.1 Å². The van der Waals surface area contributed by atoms with Crippen LogP contribution >= 0.6 is 0 Å². The van der Waals surface area contributed by atoms with Crippen molar-refractivity contribution in [3.63, 3.8) is 0 Å². The minimum Gasteiger partial charge on any atom is -0.369 e. The first kappa shape index (κ1) is 20.4. The summed E-state index contributed by atoms with van der Waals surface area (Å²) in [6.45, 7) is 5.93. The molecule has 162 valence electrons. The van der Waals surface area contributed by atoms with Crippen molar-refractivity contribution < 1.29 is 4.39 Å². The summed E-state index contributed by atoms with van der Waals surface area (Å²) in [5.41, 5.74) is 5.26. The number of halogens is 1. The monoisotopic (exact) mass is 427 g/mol. The van der Waals surface area contributed by atoms with Gasteiger partial charge in [-0.2, -0.15) is 0 Å². The Morgan fingerprint density at radius 3 is 2.56 bits per heavy atom. The molecule has 1 fully saturated rings. The van der Waals surface area contributed by atoms with Gasteiger partial charge in [0.05, 0.1) is 5.52 Å². The zero-order valence-electron chi connectivity index (χ0n) is 18.3. The lowest BCUT2D eigenvalue weighted by atomic mass is 10.0. The van der Waals surface area contributed by atoms with Crippen molar-refractivity contribution in [2.24, 2.45) is 0 Å². The van der Waals surface area contributed by atoms with Crippen molar-refractivity contribution in [1.82, 2.24) is 14.9 Å². The van der Waals surface area contributed by atoms with E-state index >= 15 is 0 Å². The van der Waals surface area contributed by atoms with Crippen LogP contribution in [0, 0.1) is 12.7 Å². The second kappa shape index (κ2) is 8.55. The maximum atomic E-state index is 14.2. The molecule has 5 nitrogen and oxygen atoms in total. The van der Waals surface area contributed by atoms with Crippen molar-refractivity contribution >= 4 is 28.2 Å². The number of fused-ring (bicyclic) bond motifs is 1. The Morgan fingerprint density at radius 1 is 0.938 bits per heavy atom. The molecule has 5 rings (SSSR count). The van der Waals surface area contributed by atoms with Crippen molar-refractivity contribution in [3.8, 4) is 11.1 Å². The summed E-state index contributed by atoms with van der Waals surface area (Å²) in [4.78, 5) is 14.0. The molecule has 6 heteroatoms. The van der Waals surface area contributed by atoms with Gasteiger partial charge >= 0.3 is 0 Å². The van der Waals surface area contributed by atoms with E-state index in [9.17, 15) is 4.39 Å². The number of nitrogens with zero attached hydrogens (tertiary/aromatic N) is 4.